The van der Waals surface area contributed by atoms with Gasteiger partial charge in [-0.25, -0.2) is 0 Å². The summed E-state index contributed by atoms with van der Waals surface area (Å²) in [6.07, 6.45) is 3.87. The van der Waals surface area contributed by atoms with Crippen LogP contribution in [0.5, 0.6) is 5.75 Å². The molecule has 2 aromatic rings. The molecule has 1 aromatic carbocycles. The third kappa shape index (κ3) is 5.14. The van der Waals surface area contributed by atoms with Gasteiger partial charge < -0.3 is 15.4 Å². The zero-order chi connectivity index (χ0) is 14.9. The predicted octanol–water partition coefficient (Wildman–Crippen LogP) is 2.21. The van der Waals surface area contributed by atoms with Crippen molar-refractivity contribution in [1.29, 1.82) is 0 Å². The van der Waals surface area contributed by atoms with E-state index in [1.54, 1.807) is 19.5 Å². The fourth-order valence-electron chi connectivity index (χ4n) is 1.85. The SMILES string of the molecule is COc1cccc(NCCC(=O)NCc2cccnc2)c1. The topological polar surface area (TPSA) is 63.2 Å². The van der Waals surface area contributed by atoms with Gasteiger partial charge in [0, 0.05) is 43.7 Å². The molecule has 0 aliphatic rings. The minimum absolute atomic E-state index is 0.00856. The van der Waals surface area contributed by atoms with Crippen LogP contribution in [0.15, 0.2) is 48.8 Å². The summed E-state index contributed by atoms with van der Waals surface area (Å²) < 4.78 is 5.14. The highest BCUT2D eigenvalue weighted by molar-refractivity contribution is 5.76. The Balaban J connectivity index is 1.69. The van der Waals surface area contributed by atoms with E-state index in [4.69, 9.17) is 4.74 Å². The highest BCUT2D eigenvalue weighted by Crippen LogP contribution is 2.16. The van der Waals surface area contributed by atoms with Crippen molar-refractivity contribution in [2.45, 2.75) is 13.0 Å². The van der Waals surface area contributed by atoms with Gasteiger partial charge in [-0.1, -0.05) is 12.1 Å². The van der Waals surface area contributed by atoms with Gasteiger partial charge in [-0.3, -0.25) is 9.78 Å². The number of hydrogen-bond acceptors (Lipinski definition) is 4. The first-order valence-electron chi connectivity index (χ1n) is 6.81. The van der Waals surface area contributed by atoms with E-state index in [1.807, 2.05) is 36.4 Å². The first-order valence-corrected chi connectivity index (χ1v) is 6.81. The molecule has 2 N–H and O–H groups in total. The maximum atomic E-state index is 11.7. The first-order chi connectivity index (χ1) is 10.3. The average Bonchev–Trinajstić information content (AvgIpc) is 2.54. The fourth-order valence-corrected chi connectivity index (χ4v) is 1.85. The number of carbonyl (C=O) groups is 1. The van der Waals surface area contributed by atoms with E-state index >= 15 is 0 Å². The molecule has 2 rings (SSSR count). The van der Waals surface area contributed by atoms with Crippen LogP contribution >= 0.6 is 0 Å². The van der Waals surface area contributed by atoms with Crippen LogP contribution in [0.4, 0.5) is 5.69 Å². The van der Waals surface area contributed by atoms with E-state index in [0.717, 1.165) is 17.0 Å². The molecule has 0 fully saturated rings. The number of hydrogen-bond donors (Lipinski definition) is 2. The van der Waals surface area contributed by atoms with Gasteiger partial charge in [0.05, 0.1) is 7.11 Å². The lowest BCUT2D eigenvalue weighted by Gasteiger charge is -2.08. The molecule has 0 spiro atoms. The van der Waals surface area contributed by atoms with Crippen LogP contribution in [0, 0.1) is 0 Å². The Morgan fingerprint density at radius 3 is 2.95 bits per heavy atom. The van der Waals surface area contributed by atoms with Crippen molar-refractivity contribution >= 4 is 11.6 Å². The summed E-state index contributed by atoms with van der Waals surface area (Å²) in [6.45, 7) is 1.08. The van der Waals surface area contributed by atoms with Crippen LogP contribution in [0.3, 0.4) is 0 Å². The molecule has 5 heteroatoms. The number of benzene rings is 1. The molecular formula is C16H19N3O2. The van der Waals surface area contributed by atoms with Gasteiger partial charge in [0.25, 0.3) is 0 Å². The summed E-state index contributed by atoms with van der Waals surface area (Å²) >= 11 is 0. The second-order valence-corrected chi connectivity index (χ2v) is 4.55. The normalized spacial score (nSPS) is 9.95. The van der Waals surface area contributed by atoms with E-state index < -0.39 is 0 Å². The van der Waals surface area contributed by atoms with Crippen LogP contribution < -0.4 is 15.4 Å². The molecular weight excluding hydrogens is 266 g/mol. The van der Waals surface area contributed by atoms with Gasteiger partial charge in [0.2, 0.25) is 5.91 Å². The van der Waals surface area contributed by atoms with Gasteiger partial charge in [0.1, 0.15) is 5.75 Å². The maximum Gasteiger partial charge on any atom is 0.222 e. The van der Waals surface area contributed by atoms with Crippen LogP contribution in [-0.2, 0) is 11.3 Å². The van der Waals surface area contributed by atoms with Gasteiger partial charge in [-0.15, -0.1) is 0 Å². The number of aromatic nitrogens is 1. The van der Waals surface area contributed by atoms with Crippen LogP contribution in [-0.4, -0.2) is 24.5 Å². The summed E-state index contributed by atoms with van der Waals surface area (Å²) in [5, 5.41) is 6.06. The van der Waals surface area contributed by atoms with Crippen LogP contribution in [0.25, 0.3) is 0 Å². The maximum absolute atomic E-state index is 11.7. The minimum Gasteiger partial charge on any atom is -0.497 e. The Labute approximate surface area is 124 Å². The van der Waals surface area contributed by atoms with Crippen molar-refractivity contribution in [3.63, 3.8) is 0 Å². The standard InChI is InChI=1S/C16H19N3O2/c1-21-15-6-2-5-14(10-15)18-9-7-16(20)19-12-13-4-3-8-17-11-13/h2-6,8,10-11,18H,7,9,12H2,1H3,(H,19,20). The van der Waals surface area contributed by atoms with E-state index in [1.165, 1.54) is 0 Å². The summed E-state index contributed by atoms with van der Waals surface area (Å²) in [5.74, 6) is 0.801. The smallest absolute Gasteiger partial charge is 0.222 e. The lowest BCUT2D eigenvalue weighted by atomic mass is 10.2. The van der Waals surface area contributed by atoms with Crippen molar-refractivity contribution in [2.75, 3.05) is 19.0 Å². The minimum atomic E-state index is 0.00856. The Morgan fingerprint density at radius 2 is 2.19 bits per heavy atom. The zero-order valence-corrected chi connectivity index (χ0v) is 12.0. The summed E-state index contributed by atoms with van der Waals surface area (Å²) in [5.41, 5.74) is 1.93. The quantitative estimate of drug-likeness (QED) is 0.818. The third-order valence-electron chi connectivity index (χ3n) is 2.96. The van der Waals surface area contributed by atoms with E-state index in [2.05, 4.69) is 15.6 Å². The monoisotopic (exact) mass is 285 g/mol. The molecule has 0 saturated carbocycles. The number of methoxy groups -OCH3 is 1. The lowest BCUT2D eigenvalue weighted by Crippen LogP contribution is -2.24. The number of amides is 1. The second-order valence-electron chi connectivity index (χ2n) is 4.55. The molecule has 110 valence electrons. The Morgan fingerprint density at radius 1 is 1.29 bits per heavy atom. The second kappa shape index (κ2) is 7.89. The molecule has 0 saturated heterocycles. The van der Waals surface area contributed by atoms with Crippen molar-refractivity contribution in [1.82, 2.24) is 10.3 Å². The van der Waals surface area contributed by atoms with Crippen molar-refractivity contribution in [3.8, 4) is 5.75 Å². The van der Waals surface area contributed by atoms with E-state index in [0.29, 0.717) is 19.5 Å². The average molecular weight is 285 g/mol. The highest BCUT2D eigenvalue weighted by atomic mass is 16.5. The van der Waals surface area contributed by atoms with Gasteiger partial charge in [0.15, 0.2) is 0 Å². The first kappa shape index (κ1) is 14.8. The molecule has 0 aliphatic carbocycles. The number of nitrogens with one attached hydrogen (secondary N) is 2. The lowest BCUT2D eigenvalue weighted by molar-refractivity contribution is -0.121. The van der Waals surface area contributed by atoms with Crippen LogP contribution in [0.2, 0.25) is 0 Å². The zero-order valence-electron chi connectivity index (χ0n) is 12.0. The van der Waals surface area contributed by atoms with Crippen molar-refractivity contribution < 1.29 is 9.53 Å². The van der Waals surface area contributed by atoms with Crippen LogP contribution in [0.1, 0.15) is 12.0 Å². The summed E-state index contributed by atoms with van der Waals surface area (Å²) in [6, 6.07) is 11.4. The van der Waals surface area contributed by atoms with E-state index in [-0.39, 0.29) is 5.91 Å². The summed E-state index contributed by atoms with van der Waals surface area (Å²) in [7, 11) is 1.63. The Bertz CT molecular complexity index is 573. The van der Waals surface area contributed by atoms with Crippen molar-refractivity contribution in [2.24, 2.45) is 0 Å². The molecule has 0 radical (unpaired) electrons. The number of anilines is 1. The Hall–Kier alpha value is -2.56. The number of rotatable bonds is 7. The van der Waals surface area contributed by atoms with E-state index in [9.17, 15) is 4.79 Å². The molecule has 1 aromatic heterocycles. The molecule has 1 heterocycles. The molecule has 5 nitrogen and oxygen atoms in total. The highest BCUT2D eigenvalue weighted by Gasteiger charge is 2.02. The molecule has 0 atom stereocenters. The molecule has 0 unspecified atom stereocenters. The predicted molar refractivity (Wildman–Crippen MR) is 82.2 cm³/mol. The van der Waals surface area contributed by atoms with Crippen molar-refractivity contribution in [3.05, 3.63) is 54.4 Å². The molecule has 0 aliphatic heterocycles. The largest absolute Gasteiger partial charge is 0.497 e. The molecule has 1 amide bonds. The number of pyridine rings is 1. The molecule has 0 bridgehead atoms. The Kier molecular flexibility index (Phi) is 5.58. The number of nitrogens with zero attached hydrogens (tertiary/aromatic N) is 1. The summed E-state index contributed by atoms with van der Waals surface area (Å²) in [4.78, 5) is 15.7. The van der Waals surface area contributed by atoms with Gasteiger partial charge in [-0.05, 0) is 23.8 Å². The van der Waals surface area contributed by atoms with Gasteiger partial charge >= 0.3 is 0 Å². The number of carbonyl (C=O) groups excluding carboxylic acids is 1. The number of ether oxygens (including phenoxy) is 1. The van der Waals surface area contributed by atoms with Gasteiger partial charge in [-0.2, -0.15) is 0 Å². The third-order valence-corrected chi connectivity index (χ3v) is 2.96. The molecule has 21 heavy (non-hydrogen) atoms. The fraction of sp³-hybridized carbons (Fsp3) is 0.250.